The predicted octanol–water partition coefficient (Wildman–Crippen LogP) is -3.84. The number of hydrogen-bond acceptors (Lipinski definition) is 25. The van der Waals surface area contributed by atoms with Crippen LogP contribution in [0.4, 0.5) is 0 Å². The van der Waals surface area contributed by atoms with Crippen LogP contribution in [-0.4, -0.2) is 251 Å². The summed E-state index contributed by atoms with van der Waals surface area (Å²) in [6.07, 6.45) is -31.5. The van der Waals surface area contributed by atoms with E-state index in [0.717, 1.165) is 12.5 Å². The second kappa shape index (κ2) is 21.8. The van der Waals surface area contributed by atoms with E-state index in [1.54, 1.807) is 6.92 Å². The summed E-state index contributed by atoms with van der Waals surface area (Å²) < 4.78 is 68.2. The Kier molecular flexibility index (Phi) is 16.6. The van der Waals surface area contributed by atoms with Gasteiger partial charge in [-0.2, -0.15) is 0 Å². The molecule has 440 valence electrons. The van der Waals surface area contributed by atoms with Crippen LogP contribution in [0.25, 0.3) is 0 Å². The van der Waals surface area contributed by atoms with Gasteiger partial charge in [-0.3, -0.25) is 4.79 Å². The lowest BCUT2D eigenvalue weighted by atomic mass is 9.45. The van der Waals surface area contributed by atoms with Gasteiger partial charge in [0.2, 0.25) is 0 Å². The second-order valence-corrected chi connectivity index (χ2v) is 24.3. The fourth-order valence-corrected chi connectivity index (χ4v) is 15.7. The number of aliphatic hydroxyl groups excluding tert-OH is 13. The van der Waals surface area contributed by atoms with Gasteiger partial charge in [0.15, 0.2) is 37.1 Å². The average molecular weight is 1110 g/mol. The van der Waals surface area contributed by atoms with Crippen molar-refractivity contribution in [2.75, 3.05) is 19.8 Å². The van der Waals surface area contributed by atoms with Crippen molar-refractivity contribution in [1.82, 2.24) is 0 Å². The monoisotopic (exact) mass is 1110 g/mol. The van der Waals surface area contributed by atoms with Gasteiger partial charge in [-0.05, 0) is 57.3 Å². The molecule has 6 aliphatic heterocycles. The van der Waals surface area contributed by atoms with Gasteiger partial charge in [-0.15, -0.1) is 0 Å². The fourth-order valence-electron chi connectivity index (χ4n) is 15.7. The summed E-state index contributed by atoms with van der Waals surface area (Å²) in [5.41, 5.74) is -0.852. The summed E-state index contributed by atoms with van der Waals surface area (Å²) in [5, 5.41) is 145. The van der Waals surface area contributed by atoms with Crippen LogP contribution in [0.15, 0.2) is 11.6 Å². The molecule has 25 heteroatoms. The quantitative estimate of drug-likeness (QED) is 0.0736. The third-order valence-corrected chi connectivity index (χ3v) is 20.0. The second-order valence-electron chi connectivity index (χ2n) is 24.3. The molecule has 4 aliphatic carbocycles. The highest BCUT2D eigenvalue weighted by Crippen LogP contribution is 2.71. The van der Waals surface area contributed by atoms with Crippen LogP contribution < -0.4 is 0 Å². The molecule has 9 fully saturated rings. The van der Waals surface area contributed by atoms with Crippen LogP contribution in [0.5, 0.6) is 0 Å². The molecule has 34 atom stereocenters. The van der Waals surface area contributed by atoms with Gasteiger partial charge < -0.3 is 118 Å². The lowest BCUT2D eigenvalue weighted by Gasteiger charge is -2.62. The summed E-state index contributed by atoms with van der Waals surface area (Å²) >= 11 is 0. The highest BCUT2D eigenvalue weighted by Gasteiger charge is 2.74. The van der Waals surface area contributed by atoms with E-state index in [-0.39, 0.29) is 49.5 Å². The molecule has 3 saturated carbocycles. The number of ether oxygens (including phenoxy) is 11. The summed E-state index contributed by atoms with van der Waals surface area (Å²) in [7, 11) is 0. The van der Waals surface area contributed by atoms with Crippen molar-refractivity contribution in [3.63, 3.8) is 0 Å². The molecule has 6 heterocycles. The smallest absolute Gasteiger partial charge is 0.303 e. The normalized spacial score (nSPS) is 57.6. The van der Waals surface area contributed by atoms with Crippen molar-refractivity contribution in [2.45, 2.75) is 240 Å². The molecular weight excluding hydrogens is 1020 g/mol. The Hall–Kier alpha value is -1.71. The molecule has 0 bridgehead atoms. The molecule has 6 saturated heterocycles. The maximum Gasteiger partial charge on any atom is 0.303 e. The summed E-state index contributed by atoms with van der Waals surface area (Å²) in [4.78, 5) is 11.9. The molecule has 77 heavy (non-hydrogen) atoms. The molecule has 34 unspecified atom stereocenters. The Morgan fingerprint density at radius 3 is 2.00 bits per heavy atom. The Morgan fingerprint density at radius 2 is 1.31 bits per heavy atom. The maximum absolute atomic E-state index is 12.8. The maximum atomic E-state index is 12.8. The van der Waals surface area contributed by atoms with Crippen molar-refractivity contribution >= 4 is 5.97 Å². The van der Waals surface area contributed by atoms with E-state index in [2.05, 4.69) is 13.0 Å². The molecule has 0 radical (unpaired) electrons. The molecule has 0 aromatic carbocycles. The number of aliphatic hydroxyl groups is 13. The minimum absolute atomic E-state index is 0.0304. The Bertz CT molecular complexity index is 2120. The van der Waals surface area contributed by atoms with E-state index in [1.165, 1.54) is 6.92 Å². The largest absolute Gasteiger partial charge is 0.457 e. The summed E-state index contributed by atoms with van der Waals surface area (Å²) in [6, 6.07) is 0. The third-order valence-electron chi connectivity index (χ3n) is 20.0. The van der Waals surface area contributed by atoms with Gasteiger partial charge in [0.05, 0.1) is 62.5 Å². The van der Waals surface area contributed by atoms with E-state index < -0.39 is 201 Å². The zero-order valence-electron chi connectivity index (χ0n) is 44.3. The highest BCUT2D eigenvalue weighted by atomic mass is 16.8. The Labute approximate surface area is 445 Å². The number of carbonyl (C=O) groups is 1. The van der Waals surface area contributed by atoms with Crippen LogP contribution in [0.2, 0.25) is 0 Å². The molecule has 1 spiro atoms. The summed E-state index contributed by atoms with van der Waals surface area (Å²) in [5.74, 6) is -4.11. The van der Waals surface area contributed by atoms with Gasteiger partial charge in [-0.1, -0.05) is 39.3 Å². The lowest BCUT2D eigenvalue weighted by Crippen LogP contribution is -2.67. The van der Waals surface area contributed by atoms with Crippen molar-refractivity contribution in [2.24, 2.45) is 46.3 Å². The highest BCUT2D eigenvalue weighted by molar-refractivity contribution is 5.66. The molecule has 10 aliphatic rings. The first-order valence-electron chi connectivity index (χ1n) is 27.4. The van der Waals surface area contributed by atoms with Gasteiger partial charge in [0.25, 0.3) is 0 Å². The molecule has 13 N–H and O–H groups in total. The van der Waals surface area contributed by atoms with E-state index >= 15 is 0 Å². The fraction of sp³-hybridized carbons (Fsp3) is 0.942. The first-order chi connectivity index (χ1) is 36.3. The van der Waals surface area contributed by atoms with Crippen LogP contribution in [0.3, 0.4) is 0 Å². The van der Waals surface area contributed by atoms with E-state index in [1.807, 2.05) is 20.8 Å². The molecule has 10 rings (SSSR count). The first kappa shape index (κ1) is 58.5. The van der Waals surface area contributed by atoms with Crippen LogP contribution >= 0.6 is 0 Å². The number of esters is 1. The number of carbonyl (C=O) groups excluding carboxylic acids is 1. The number of hydrogen-bond donors (Lipinski definition) is 13. The first-order valence-corrected chi connectivity index (χ1v) is 27.4. The van der Waals surface area contributed by atoms with Crippen molar-refractivity contribution in [1.29, 1.82) is 0 Å². The third kappa shape index (κ3) is 9.58. The number of fused-ring (bicyclic) bond motifs is 7. The number of rotatable bonds is 10. The molecule has 0 aromatic rings. The zero-order valence-corrected chi connectivity index (χ0v) is 44.3. The predicted molar refractivity (Wildman–Crippen MR) is 255 cm³/mol. The van der Waals surface area contributed by atoms with Crippen molar-refractivity contribution < 1.29 is 123 Å². The van der Waals surface area contributed by atoms with Crippen LogP contribution in [0, 0.1) is 46.3 Å². The van der Waals surface area contributed by atoms with Crippen LogP contribution in [-0.2, 0) is 56.9 Å². The standard InChI is InChI=1S/C52H82O25/c1-17-15-68-52(45(66)41(17)74-47-39(64)36(61)33(58)19(3)69-47)18(2)32-28(77-52)12-25-24-9-8-22-10-23(55)11-31(50(22,6)26(24)13-30(57)51(25,32)7)73-49-44(76-48-40(65)37(62)42(20(4)70-48)71-21(5)54)43(35(60)29(14-53)72-49)75-46-38(63)34(59)27(56)16-67-46/h8,17-20,23-49,53,55-66H,9-16H2,1-7H3. The average Bonchev–Trinajstić information content (AvgIpc) is 4.10. The topological polar surface area (TPSA) is 382 Å². The number of allylic oxidation sites excluding steroid dienone is 1. The van der Waals surface area contributed by atoms with Gasteiger partial charge >= 0.3 is 5.97 Å². The lowest BCUT2D eigenvalue weighted by molar-refractivity contribution is -0.393. The van der Waals surface area contributed by atoms with E-state index in [9.17, 15) is 71.2 Å². The summed E-state index contributed by atoms with van der Waals surface area (Å²) in [6.45, 7) is 10.8. The molecular formula is C52H82O25. The van der Waals surface area contributed by atoms with Crippen LogP contribution in [0.1, 0.15) is 80.6 Å². The van der Waals surface area contributed by atoms with E-state index in [0.29, 0.717) is 12.8 Å². The minimum atomic E-state index is -1.89. The van der Waals surface area contributed by atoms with Gasteiger partial charge in [0.1, 0.15) is 79.4 Å². The molecule has 0 aromatic heterocycles. The van der Waals surface area contributed by atoms with Crippen molar-refractivity contribution in [3.05, 3.63) is 11.6 Å². The zero-order chi connectivity index (χ0) is 55.7. The van der Waals surface area contributed by atoms with E-state index in [4.69, 9.17) is 52.1 Å². The van der Waals surface area contributed by atoms with Crippen molar-refractivity contribution in [3.8, 4) is 0 Å². The molecule has 0 amide bonds. The van der Waals surface area contributed by atoms with Gasteiger partial charge in [0, 0.05) is 41.9 Å². The Morgan fingerprint density at radius 1 is 0.662 bits per heavy atom. The van der Waals surface area contributed by atoms with Gasteiger partial charge in [-0.25, -0.2) is 0 Å². The SMILES string of the molecule is CC(=O)OC1C(C)OC(OC2C(OC3CC(O)CC4=CCC5C(CC(O)C6(C)C5CC5OC7(OCC(C)C(OC8OC(C)C(O)C(O)C8O)C7O)C(C)C56)C43C)OC(CO)C(O)C2OC2OCC(O)C(O)C2O)C(O)C1O. The minimum Gasteiger partial charge on any atom is -0.457 e. The molecule has 25 nitrogen and oxygen atoms in total. The Balaban J connectivity index is 0.929.